The lowest BCUT2D eigenvalue weighted by Crippen LogP contribution is -2.13. The molecule has 2 aromatic rings. The molecule has 0 aliphatic rings. The van der Waals surface area contributed by atoms with E-state index in [0.29, 0.717) is 5.56 Å². The molecule has 0 amide bonds. The average molecular weight is 292 g/mol. The molecule has 0 spiro atoms. The summed E-state index contributed by atoms with van der Waals surface area (Å²) in [6.45, 7) is 0. The molecule has 1 aromatic heterocycles. The molecule has 6 heteroatoms. The average Bonchev–Trinajstić information content (AvgIpc) is 2.79. The van der Waals surface area contributed by atoms with Gasteiger partial charge in [-0.1, -0.05) is 11.6 Å². The SMILES string of the molecule is N[C@@H](c1ccsc1)c1cc(Cl)cc(C(F)(F)F)c1. The van der Waals surface area contributed by atoms with Crippen molar-refractivity contribution in [3.05, 3.63) is 56.7 Å². The van der Waals surface area contributed by atoms with Crippen molar-refractivity contribution in [1.29, 1.82) is 0 Å². The van der Waals surface area contributed by atoms with Gasteiger partial charge in [-0.05, 0) is 46.2 Å². The summed E-state index contributed by atoms with van der Waals surface area (Å²) in [7, 11) is 0. The van der Waals surface area contributed by atoms with Crippen LogP contribution < -0.4 is 5.73 Å². The Balaban J connectivity index is 2.43. The second-order valence-corrected chi connectivity index (χ2v) is 5.02. The number of rotatable bonds is 2. The fourth-order valence-corrected chi connectivity index (χ4v) is 2.54. The van der Waals surface area contributed by atoms with E-state index in [9.17, 15) is 13.2 Å². The van der Waals surface area contributed by atoms with Crippen LogP contribution in [-0.2, 0) is 6.18 Å². The smallest absolute Gasteiger partial charge is 0.320 e. The third-order valence-corrected chi connectivity index (χ3v) is 3.43. The Labute approximate surface area is 111 Å². The van der Waals surface area contributed by atoms with Gasteiger partial charge in [0.15, 0.2) is 0 Å². The Kier molecular flexibility index (Phi) is 3.66. The molecule has 2 rings (SSSR count). The first kappa shape index (κ1) is 13.4. The minimum absolute atomic E-state index is 0.0329. The highest BCUT2D eigenvalue weighted by Gasteiger charge is 2.31. The number of hydrogen-bond acceptors (Lipinski definition) is 2. The zero-order chi connectivity index (χ0) is 13.3. The van der Waals surface area contributed by atoms with Crippen LogP contribution in [0.3, 0.4) is 0 Å². The topological polar surface area (TPSA) is 26.0 Å². The van der Waals surface area contributed by atoms with Gasteiger partial charge in [0.1, 0.15) is 0 Å². The molecule has 0 saturated carbocycles. The molecule has 0 aliphatic carbocycles. The van der Waals surface area contributed by atoms with Gasteiger partial charge < -0.3 is 5.73 Å². The minimum Gasteiger partial charge on any atom is -0.320 e. The summed E-state index contributed by atoms with van der Waals surface area (Å²) in [5.41, 5.74) is 6.27. The van der Waals surface area contributed by atoms with E-state index in [4.69, 9.17) is 17.3 Å². The number of alkyl halides is 3. The second-order valence-electron chi connectivity index (χ2n) is 3.81. The van der Waals surface area contributed by atoms with E-state index in [-0.39, 0.29) is 5.02 Å². The summed E-state index contributed by atoms with van der Waals surface area (Å²) >= 11 is 7.15. The molecule has 18 heavy (non-hydrogen) atoms. The van der Waals surface area contributed by atoms with Gasteiger partial charge in [-0.15, -0.1) is 0 Å². The van der Waals surface area contributed by atoms with Crippen LogP contribution in [0.25, 0.3) is 0 Å². The van der Waals surface area contributed by atoms with E-state index < -0.39 is 17.8 Å². The van der Waals surface area contributed by atoms with Crippen molar-refractivity contribution in [1.82, 2.24) is 0 Å². The molecule has 0 radical (unpaired) electrons. The third-order valence-electron chi connectivity index (χ3n) is 2.51. The predicted molar refractivity (Wildman–Crippen MR) is 66.8 cm³/mol. The Hall–Kier alpha value is -1.04. The summed E-state index contributed by atoms with van der Waals surface area (Å²) in [5, 5.41) is 3.66. The molecule has 1 atom stereocenters. The van der Waals surface area contributed by atoms with Crippen LogP contribution in [0.2, 0.25) is 5.02 Å². The standard InChI is InChI=1S/C12H9ClF3NS/c13-10-4-8(3-9(5-10)12(14,15)16)11(17)7-1-2-18-6-7/h1-6,11H,17H2/t11-/m0/s1. The molecule has 1 nitrogen and oxygen atoms in total. The summed E-state index contributed by atoms with van der Waals surface area (Å²) in [6.07, 6.45) is -4.42. The summed E-state index contributed by atoms with van der Waals surface area (Å²) in [6, 6.07) is 4.57. The summed E-state index contributed by atoms with van der Waals surface area (Å²) in [5.74, 6) is 0. The lowest BCUT2D eigenvalue weighted by molar-refractivity contribution is -0.137. The Morgan fingerprint density at radius 3 is 2.44 bits per heavy atom. The quantitative estimate of drug-likeness (QED) is 0.868. The van der Waals surface area contributed by atoms with Crippen molar-refractivity contribution in [2.45, 2.75) is 12.2 Å². The van der Waals surface area contributed by atoms with Gasteiger partial charge >= 0.3 is 6.18 Å². The molecule has 0 fully saturated rings. The third kappa shape index (κ3) is 2.85. The van der Waals surface area contributed by atoms with Crippen LogP contribution in [0.15, 0.2) is 35.0 Å². The van der Waals surface area contributed by atoms with E-state index in [2.05, 4.69) is 0 Å². The lowest BCUT2D eigenvalue weighted by Gasteiger charge is -2.14. The zero-order valence-electron chi connectivity index (χ0n) is 9.04. The Morgan fingerprint density at radius 1 is 1.17 bits per heavy atom. The number of hydrogen-bond donors (Lipinski definition) is 1. The highest BCUT2D eigenvalue weighted by Crippen LogP contribution is 2.34. The number of benzene rings is 1. The minimum atomic E-state index is -4.42. The molecule has 1 heterocycles. The number of halogens is 4. The van der Waals surface area contributed by atoms with Crippen molar-refractivity contribution >= 4 is 22.9 Å². The van der Waals surface area contributed by atoms with Crippen molar-refractivity contribution in [2.75, 3.05) is 0 Å². The van der Waals surface area contributed by atoms with Crippen LogP contribution in [-0.4, -0.2) is 0 Å². The molecular weight excluding hydrogens is 283 g/mol. The van der Waals surface area contributed by atoms with E-state index in [1.54, 1.807) is 11.4 Å². The second kappa shape index (κ2) is 4.91. The normalized spacial score (nSPS) is 13.6. The van der Waals surface area contributed by atoms with Gasteiger partial charge in [-0.25, -0.2) is 0 Å². The zero-order valence-corrected chi connectivity index (χ0v) is 10.6. The van der Waals surface area contributed by atoms with Gasteiger partial charge in [0, 0.05) is 5.02 Å². The van der Waals surface area contributed by atoms with Crippen LogP contribution in [0.1, 0.15) is 22.7 Å². The molecule has 2 N–H and O–H groups in total. The maximum absolute atomic E-state index is 12.7. The summed E-state index contributed by atoms with van der Waals surface area (Å²) in [4.78, 5) is 0. The van der Waals surface area contributed by atoms with Crippen molar-refractivity contribution < 1.29 is 13.2 Å². The van der Waals surface area contributed by atoms with Crippen molar-refractivity contribution in [2.24, 2.45) is 5.73 Å². The molecule has 96 valence electrons. The lowest BCUT2D eigenvalue weighted by atomic mass is 10.00. The largest absolute Gasteiger partial charge is 0.416 e. The van der Waals surface area contributed by atoms with Gasteiger partial charge in [-0.2, -0.15) is 24.5 Å². The van der Waals surface area contributed by atoms with Gasteiger partial charge in [-0.3, -0.25) is 0 Å². The highest BCUT2D eigenvalue weighted by atomic mass is 35.5. The number of thiophene rings is 1. The van der Waals surface area contributed by atoms with Gasteiger partial charge in [0.05, 0.1) is 11.6 Å². The molecular formula is C12H9ClF3NS. The fraction of sp³-hybridized carbons (Fsp3) is 0.167. The number of nitrogens with two attached hydrogens (primary N) is 1. The monoisotopic (exact) mass is 291 g/mol. The van der Waals surface area contributed by atoms with Crippen LogP contribution in [0.5, 0.6) is 0 Å². The van der Waals surface area contributed by atoms with Crippen LogP contribution in [0, 0.1) is 0 Å². The van der Waals surface area contributed by atoms with Crippen LogP contribution >= 0.6 is 22.9 Å². The summed E-state index contributed by atoms with van der Waals surface area (Å²) < 4.78 is 38.0. The van der Waals surface area contributed by atoms with Gasteiger partial charge in [0.2, 0.25) is 0 Å². The predicted octanol–water partition coefficient (Wildman–Crippen LogP) is 4.47. The van der Waals surface area contributed by atoms with Gasteiger partial charge in [0.25, 0.3) is 0 Å². The maximum atomic E-state index is 12.7. The Morgan fingerprint density at radius 2 is 1.89 bits per heavy atom. The first-order valence-corrected chi connectivity index (χ1v) is 6.35. The van der Waals surface area contributed by atoms with E-state index in [1.807, 2.05) is 5.38 Å². The first-order valence-electron chi connectivity index (χ1n) is 5.03. The first-order chi connectivity index (χ1) is 8.38. The van der Waals surface area contributed by atoms with E-state index in [0.717, 1.165) is 17.7 Å². The maximum Gasteiger partial charge on any atom is 0.416 e. The molecule has 1 aromatic carbocycles. The highest BCUT2D eigenvalue weighted by molar-refractivity contribution is 7.08. The molecule has 0 aliphatic heterocycles. The van der Waals surface area contributed by atoms with Crippen molar-refractivity contribution in [3.8, 4) is 0 Å². The molecule has 0 bridgehead atoms. The van der Waals surface area contributed by atoms with E-state index >= 15 is 0 Å². The molecule has 0 saturated heterocycles. The van der Waals surface area contributed by atoms with Crippen molar-refractivity contribution in [3.63, 3.8) is 0 Å². The van der Waals surface area contributed by atoms with Crippen LogP contribution in [0.4, 0.5) is 13.2 Å². The Bertz CT molecular complexity index is 537. The fourth-order valence-electron chi connectivity index (χ4n) is 1.60. The van der Waals surface area contributed by atoms with E-state index in [1.165, 1.54) is 17.4 Å². The molecule has 0 unspecified atom stereocenters.